The molecule has 1 heterocycles. The van der Waals surface area contributed by atoms with Gasteiger partial charge in [-0.3, -0.25) is 4.79 Å². The molecule has 0 saturated carbocycles. The van der Waals surface area contributed by atoms with E-state index in [-0.39, 0.29) is 35.8 Å². The van der Waals surface area contributed by atoms with E-state index in [1.807, 2.05) is 0 Å². The van der Waals surface area contributed by atoms with Gasteiger partial charge in [-0.1, -0.05) is 6.42 Å². The highest BCUT2D eigenvalue weighted by Crippen LogP contribution is 2.26. The SMILES string of the molecule is O=C(O)CCCCCN([C@H]1CCS(=O)(=O)C1)S(=O)(=O)c1ccc(F)cc1. The predicted octanol–water partition coefficient (Wildman–Crippen LogP) is 1.65. The second-order valence-electron chi connectivity index (χ2n) is 6.33. The lowest BCUT2D eigenvalue weighted by atomic mass is 10.2. The highest BCUT2D eigenvalue weighted by atomic mass is 32.2. The van der Waals surface area contributed by atoms with Crippen LogP contribution in [0.2, 0.25) is 0 Å². The van der Waals surface area contributed by atoms with Gasteiger partial charge in [0.1, 0.15) is 5.82 Å². The zero-order chi connectivity index (χ0) is 19.4. The molecule has 2 rings (SSSR count). The molecule has 0 aliphatic carbocycles. The summed E-state index contributed by atoms with van der Waals surface area (Å²) in [5, 5.41) is 8.65. The fraction of sp³-hybridized carbons (Fsp3) is 0.562. The number of sulfonamides is 1. The van der Waals surface area contributed by atoms with Gasteiger partial charge in [-0.15, -0.1) is 0 Å². The molecular weight excluding hydrogens is 385 g/mol. The topological polar surface area (TPSA) is 109 Å². The average molecular weight is 407 g/mol. The van der Waals surface area contributed by atoms with Crippen molar-refractivity contribution < 1.29 is 31.1 Å². The first-order valence-corrected chi connectivity index (χ1v) is 11.6. The second kappa shape index (κ2) is 8.45. The van der Waals surface area contributed by atoms with Crippen molar-refractivity contribution in [1.29, 1.82) is 0 Å². The Morgan fingerprint density at radius 3 is 2.38 bits per heavy atom. The average Bonchev–Trinajstić information content (AvgIpc) is 2.90. The molecule has 1 aliphatic rings. The molecule has 0 unspecified atom stereocenters. The van der Waals surface area contributed by atoms with E-state index in [2.05, 4.69) is 0 Å². The van der Waals surface area contributed by atoms with Crippen LogP contribution in [0.25, 0.3) is 0 Å². The zero-order valence-corrected chi connectivity index (χ0v) is 15.8. The summed E-state index contributed by atoms with van der Waals surface area (Å²) in [6.07, 6.45) is 1.58. The molecule has 1 atom stereocenters. The van der Waals surface area contributed by atoms with Crippen LogP contribution in [-0.2, 0) is 24.7 Å². The van der Waals surface area contributed by atoms with Gasteiger partial charge >= 0.3 is 5.97 Å². The monoisotopic (exact) mass is 407 g/mol. The van der Waals surface area contributed by atoms with E-state index in [4.69, 9.17) is 5.11 Å². The van der Waals surface area contributed by atoms with E-state index < -0.39 is 37.7 Å². The van der Waals surface area contributed by atoms with Crippen LogP contribution in [0.4, 0.5) is 4.39 Å². The molecule has 1 aromatic rings. The number of carboxylic acids is 1. The Balaban J connectivity index is 2.16. The maximum absolute atomic E-state index is 13.1. The van der Waals surface area contributed by atoms with E-state index >= 15 is 0 Å². The Morgan fingerprint density at radius 1 is 1.19 bits per heavy atom. The lowest BCUT2D eigenvalue weighted by Crippen LogP contribution is -2.41. The third-order valence-corrected chi connectivity index (χ3v) is 8.02. The molecule has 146 valence electrons. The van der Waals surface area contributed by atoms with Gasteiger partial charge < -0.3 is 5.11 Å². The molecule has 0 spiro atoms. The second-order valence-corrected chi connectivity index (χ2v) is 10.5. The Kier molecular flexibility index (Phi) is 6.75. The summed E-state index contributed by atoms with van der Waals surface area (Å²) in [5.41, 5.74) is 0. The number of unbranched alkanes of at least 4 members (excludes halogenated alkanes) is 2. The summed E-state index contributed by atoms with van der Waals surface area (Å²) in [7, 11) is -7.25. The minimum Gasteiger partial charge on any atom is -0.481 e. The molecule has 0 bridgehead atoms. The molecule has 0 amide bonds. The van der Waals surface area contributed by atoms with Gasteiger partial charge in [0.05, 0.1) is 16.4 Å². The van der Waals surface area contributed by atoms with Gasteiger partial charge in [-0.25, -0.2) is 21.2 Å². The first kappa shape index (κ1) is 20.8. The summed E-state index contributed by atoms with van der Waals surface area (Å²) in [6.45, 7) is 0.0967. The summed E-state index contributed by atoms with van der Waals surface area (Å²) >= 11 is 0. The van der Waals surface area contributed by atoms with Crippen molar-refractivity contribution in [3.63, 3.8) is 0 Å². The quantitative estimate of drug-likeness (QED) is 0.624. The first-order valence-electron chi connectivity index (χ1n) is 8.31. The number of benzene rings is 1. The molecule has 1 N–H and O–H groups in total. The van der Waals surface area contributed by atoms with Gasteiger partial charge in [-0.2, -0.15) is 4.31 Å². The zero-order valence-electron chi connectivity index (χ0n) is 14.2. The molecule has 7 nitrogen and oxygen atoms in total. The normalized spacial score (nSPS) is 19.7. The third-order valence-electron chi connectivity index (χ3n) is 4.31. The summed E-state index contributed by atoms with van der Waals surface area (Å²) in [6, 6.07) is 3.75. The lowest BCUT2D eigenvalue weighted by molar-refractivity contribution is -0.137. The summed E-state index contributed by atoms with van der Waals surface area (Å²) in [4.78, 5) is 10.5. The highest BCUT2D eigenvalue weighted by Gasteiger charge is 2.38. The van der Waals surface area contributed by atoms with Crippen molar-refractivity contribution in [3.05, 3.63) is 30.1 Å². The van der Waals surface area contributed by atoms with E-state index in [0.717, 1.165) is 24.3 Å². The molecule has 1 aliphatic heterocycles. The van der Waals surface area contributed by atoms with Gasteiger partial charge in [0.25, 0.3) is 0 Å². The van der Waals surface area contributed by atoms with Crippen LogP contribution in [0.1, 0.15) is 32.1 Å². The molecule has 0 aromatic heterocycles. The summed E-state index contributed by atoms with van der Waals surface area (Å²) < 4.78 is 63.7. The number of hydrogen-bond donors (Lipinski definition) is 1. The summed E-state index contributed by atoms with van der Waals surface area (Å²) in [5.74, 6) is -1.77. The minimum absolute atomic E-state index is 0.00250. The van der Waals surface area contributed by atoms with Crippen LogP contribution in [0.5, 0.6) is 0 Å². The predicted molar refractivity (Wildman–Crippen MR) is 93.5 cm³/mol. The van der Waals surface area contributed by atoms with Gasteiger partial charge in [0.15, 0.2) is 9.84 Å². The standard InChI is InChI=1S/C16H22FNO6S2/c17-13-5-7-15(8-6-13)26(23,24)18(10-3-1-2-4-16(19)20)14-9-11-25(21,22)12-14/h5-8,14H,1-4,9-12H2,(H,19,20)/t14-/m0/s1. The maximum atomic E-state index is 13.1. The number of nitrogens with zero attached hydrogens (tertiary/aromatic N) is 1. The fourth-order valence-electron chi connectivity index (χ4n) is 2.96. The van der Waals surface area contributed by atoms with Crippen molar-refractivity contribution >= 4 is 25.8 Å². The number of carboxylic acid groups (broad SMARTS) is 1. The number of hydrogen-bond acceptors (Lipinski definition) is 5. The van der Waals surface area contributed by atoms with E-state index in [0.29, 0.717) is 19.3 Å². The van der Waals surface area contributed by atoms with Crippen LogP contribution in [0, 0.1) is 5.82 Å². The van der Waals surface area contributed by atoms with E-state index in [1.165, 1.54) is 4.31 Å². The Bertz CT molecular complexity index is 836. The molecule has 1 aromatic carbocycles. The molecule has 10 heteroatoms. The Labute approximate surface area is 152 Å². The molecular formula is C16H22FNO6S2. The molecule has 26 heavy (non-hydrogen) atoms. The van der Waals surface area contributed by atoms with Crippen molar-refractivity contribution in [2.45, 2.75) is 43.0 Å². The van der Waals surface area contributed by atoms with Crippen molar-refractivity contribution in [3.8, 4) is 0 Å². The van der Waals surface area contributed by atoms with Crippen molar-refractivity contribution in [1.82, 2.24) is 4.31 Å². The fourth-order valence-corrected chi connectivity index (χ4v) is 6.48. The molecule has 1 saturated heterocycles. The molecule has 1 fully saturated rings. The van der Waals surface area contributed by atoms with E-state index in [9.17, 15) is 26.0 Å². The number of aliphatic carboxylic acids is 1. The number of carbonyl (C=O) groups is 1. The molecule has 0 radical (unpaired) electrons. The Morgan fingerprint density at radius 2 is 1.85 bits per heavy atom. The number of halogens is 1. The number of sulfone groups is 1. The first-order chi connectivity index (χ1) is 12.1. The minimum atomic E-state index is -3.97. The van der Waals surface area contributed by atoms with Crippen molar-refractivity contribution in [2.75, 3.05) is 18.1 Å². The van der Waals surface area contributed by atoms with Crippen molar-refractivity contribution in [2.24, 2.45) is 0 Å². The van der Waals surface area contributed by atoms with Gasteiger partial charge in [0.2, 0.25) is 10.0 Å². The maximum Gasteiger partial charge on any atom is 0.303 e. The smallest absolute Gasteiger partial charge is 0.303 e. The van der Waals surface area contributed by atoms with Crippen LogP contribution in [0.15, 0.2) is 29.2 Å². The van der Waals surface area contributed by atoms with E-state index in [1.54, 1.807) is 0 Å². The lowest BCUT2D eigenvalue weighted by Gasteiger charge is -2.27. The highest BCUT2D eigenvalue weighted by molar-refractivity contribution is 7.92. The van der Waals surface area contributed by atoms with Crippen LogP contribution < -0.4 is 0 Å². The Hall–Kier alpha value is -1.52. The van der Waals surface area contributed by atoms with Crippen LogP contribution in [-0.4, -0.2) is 56.3 Å². The largest absolute Gasteiger partial charge is 0.481 e. The third kappa shape index (κ3) is 5.49. The van der Waals surface area contributed by atoms with Crippen LogP contribution in [0.3, 0.4) is 0 Å². The van der Waals surface area contributed by atoms with Gasteiger partial charge in [0, 0.05) is 19.0 Å². The van der Waals surface area contributed by atoms with Gasteiger partial charge in [-0.05, 0) is 43.5 Å². The number of rotatable bonds is 9. The van der Waals surface area contributed by atoms with Crippen LogP contribution >= 0.6 is 0 Å².